The summed E-state index contributed by atoms with van der Waals surface area (Å²) in [6.45, 7) is 2.61. The molecule has 1 aromatic heterocycles. The predicted octanol–water partition coefficient (Wildman–Crippen LogP) is 2.57. The molecule has 2 heterocycles. The van der Waals surface area contributed by atoms with E-state index in [1.165, 1.54) is 18.4 Å². The van der Waals surface area contributed by atoms with Gasteiger partial charge in [-0.2, -0.15) is 0 Å². The molecule has 0 aromatic carbocycles. The van der Waals surface area contributed by atoms with Gasteiger partial charge in [0, 0.05) is 24.3 Å². The van der Waals surface area contributed by atoms with Crippen molar-refractivity contribution >= 4 is 34.1 Å². The van der Waals surface area contributed by atoms with Crippen molar-refractivity contribution in [1.82, 2.24) is 4.90 Å². The lowest BCUT2D eigenvalue weighted by molar-refractivity contribution is -0.129. The number of rotatable bonds is 3. The molecule has 0 spiro atoms. The molecule has 0 saturated heterocycles. The third kappa shape index (κ3) is 3.17. The molecule has 130 valence electrons. The Balaban J connectivity index is 1.89. The number of nitrogens with one attached hydrogen (secondary N) is 1. The zero-order valence-corrected chi connectivity index (χ0v) is 14.8. The minimum atomic E-state index is -0.425. The third-order valence-corrected chi connectivity index (χ3v) is 5.99. The molecule has 6 nitrogen and oxygen atoms in total. The standard InChI is InChI=1S/C17H22N2O4S/c1-10(20)19-8-7-12-13(9-19)24-16(14(12)17(22)23-2)18-15(21)11-5-3-4-6-11/h11H,3-9H2,1-2H3,(H,18,21). The van der Waals surface area contributed by atoms with Crippen LogP contribution in [0.5, 0.6) is 0 Å². The van der Waals surface area contributed by atoms with Gasteiger partial charge in [-0.1, -0.05) is 12.8 Å². The van der Waals surface area contributed by atoms with Gasteiger partial charge >= 0.3 is 5.97 Å². The molecule has 0 bridgehead atoms. The second-order valence-electron chi connectivity index (χ2n) is 6.36. The van der Waals surface area contributed by atoms with Crippen molar-refractivity contribution in [2.45, 2.75) is 45.6 Å². The molecule has 1 aromatic rings. The number of anilines is 1. The summed E-state index contributed by atoms with van der Waals surface area (Å²) in [5.74, 6) is -0.390. The number of carbonyl (C=O) groups excluding carboxylic acids is 3. The van der Waals surface area contributed by atoms with Gasteiger partial charge in [-0.15, -0.1) is 11.3 Å². The molecule has 1 N–H and O–H groups in total. The van der Waals surface area contributed by atoms with E-state index in [0.29, 0.717) is 30.1 Å². The average Bonchev–Trinajstić information content (AvgIpc) is 3.20. The zero-order valence-electron chi connectivity index (χ0n) is 14.0. The monoisotopic (exact) mass is 350 g/mol. The van der Waals surface area contributed by atoms with Gasteiger partial charge < -0.3 is 15.0 Å². The molecular formula is C17H22N2O4S. The zero-order chi connectivity index (χ0) is 17.3. The number of nitrogens with zero attached hydrogens (tertiary/aromatic N) is 1. The van der Waals surface area contributed by atoms with Crippen molar-refractivity contribution in [3.05, 3.63) is 16.0 Å². The maximum absolute atomic E-state index is 12.4. The van der Waals surface area contributed by atoms with Crippen LogP contribution < -0.4 is 5.32 Å². The van der Waals surface area contributed by atoms with E-state index in [1.54, 1.807) is 11.8 Å². The second-order valence-corrected chi connectivity index (χ2v) is 7.47. The van der Waals surface area contributed by atoms with Crippen molar-refractivity contribution in [1.29, 1.82) is 0 Å². The third-order valence-electron chi connectivity index (χ3n) is 4.85. The van der Waals surface area contributed by atoms with Gasteiger partial charge in [0.05, 0.1) is 19.2 Å². The fourth-order valence-electron chi connectivity index (χ4n) is 3.48. The van der Waals surface area contributed by atoms with E-state index in [9.17, 15) is 14.4 Å². The average molecular weight is 350 g/mol. The minimum absolute atomic E-state index is 0.0142. The van der Waals surface area contributed by atoms with Crippen LogP contribution in [0.15, 0.2) is 0 Å². The molecule has 0 unspecified atom stereocenters. The molecule has 1 aliphatic carbocycles. The number of hydrogen-bond acceptors (Lipinski definition) is 5. The van der Waals surface area contributed by atoms with E-state index in [0.717, 1.165) is 36.1 Å². The normalized spacial score (nSPS) is 17.5. The molecule has 0 radical (unpaired) electrons. The van der Waals surface area contributed by atoms with Gasteiger partial charge in [0.15, 0.2) is 0 Å². The predicted molar refractivity (Wildman–Crippen MR) is 91.0 cm³/mol. The molecule has 0 atom stereocenters. The fourth-order valence-corrected chi connectivity index (χ4v) is 4.73. The fraction of sp³-hybridized carbons (Fsp3) is 0.588. The van der Waals surface area contributed by atoms with Crippen LogP contribution in [0, 0.1) is 5.92 Å². The maximum atomic E-state index is 12.4. The highest BCUT2D eigenvalue weighted by Gasteiger charge is 2.31. The van der Waals surface area contributed by atoms with Gasteiger partial charge in [-0.25, -0.2) is 4.79 Å². The largest absolute Gasteiger partial charge is 0.465 e. The number of amides is 2. The number of esters is 1. The lowest BCUT2D eigenvalue weighted by atomic mass is 10.0. The SMILES string of the molecule is COC(=O)c1c(NC(=O)C2CCCC2)sc2c1CCN(C(C)=O)C2. The molecule has 1 aliphatic heterocycles. The van der Waals surface area contributed by atoms with E-state index in [-0.39, 0.29) is 17.7 Å². The molecule has 3 rings (SSSR count). The van der Waals surface area contributed by atoms with Crippen molar-refractivity contribution in [3.63, 3.8) is 0 Å². The first-order valence-corrected chi connectivity index (χ1v) is 9.12. The molecular weight excluding hydrogens is 328 g/mol. The summed E-state index contributed by atoms with van der Waals surface area (Å²) in [5.41, 5.74) is 1.37. The van der Waals surface area contributed by atoms with Crippen LogP contribution in [0.1, 0.15) is 53.4 Å². The Morgan fingerprint density at radius 1 is 1.25 bits per heavy atom. The number of ether oxygens (including phenoxy) is 1. The Morgan fingerprint density at radius 3 is 2.58 bits per heavy atom. The van der Waals surface area contributed by atoms with Crippen LogP contribution in [-0.4, -0.2) is 36.3 Å². The maximum Gasteiger partial charge on any atom is 0.341 e. The molecule has 1 saturated carbocycles. The molecule has 2 aliphatic rings. The number of carbonyl (C=O) groups is 3. The summed E-state index contributed by atoms with van der Waals surface area (Å²) in [5, 5.41) is 3.51. The first-order chi connectivity index (χ1) is 11.5. The molecule has 24 heavy (non-hydrogen) atoms. The first kappa shape index (κ1) is 17.0. The van der Waals surface area contributed by atoms with Crippen LogP contribution in [0.25, 0.3) is 0 Å². The minimum Gasteiger partial charge on any atom is -0.465 e. The van der Waals surface area contributed by atoms with Crippen molar-refractivity contribution in [2.24, 2.45) is 5.92 Å². The summed E-state index contributed by atoms with van der Waals surface area (Å²) in [7, 11) is 1.35. The van der Waals surface area contributed by atoms with Gasteiger partial charge in [0.2, 0.25) is 11.8 Å². The van der Waals surface area contributed by atoms with E-state index >= 15 is 0 Å². The van der Waals surface area contributed by atoms with Crippen molar-refractivity contribution in [3.8, 4) is 0 Å². The quantitative estimate of drug-likeness (QED) is 0.850. The Bertz CT molecular complexity index is 676. The smallest absolute Gasteiger partial charge is 0.341 e. The van der Waals surface area contributed by atoms with Crippen LogP contribution in [0.3, 0.4) is 0 Å². The first-order valence-electron chi connectivity index (χ1n) is 8.30. The highest BCUT2D eigenvalue weighted by atomic mass is 32.1. The van der Waals surface area contributed by atoms with Crippen LogP contribution in [0.2, 0.25) is 0 Å². The summed E-state index contributed by atoms with van der Waals surface area (Å²) >= 11 is 1.39. The van der Waals surface area contributed by atoms with E-state index in [1.807, 2.05) is 0 Å². The van der Waals surface area contributed by atoms with Crippen molar-refractivity contribution in [2.75, 3.05) is 19.0 Å². The van der Waals surface area contributed by atoms with E-state index in [2.05, 4.69) is 5.32 Å². The Labute approximate surface area is 145 Å². The molecule has 1 fully saturated rings. The molecule has 7 heteroatoms. The topological polar surface area (TPSA) is 75.7 Å². The Kier molecular flexibility index (Phi) is 4.89. The van der Waals surface area contributed by atoms with Gasteiger partial charge in [-0.3, -0.25) is 9.59 Å². The van der Waals surface area contributed by atoms with Gasteiger partial charge in [0.1, 0.15) is 5.00 Å². The van der Waals surface area contributed by atoms with E-state index < -0.39 is 5.97 Å². The van der Waals surface area contributed by atoms with Crippen LogP contribution in [0.4, 0.5) is 5.00 Å². The number of fused-ring (bicyclic) bond motifs is 1. The highest BCUT2D eigenvalue weighted by Crippen LogP contribution is 2.38. The Morgan fingerprint density at radius 2 is 1.96 bits per heavy atom. The summed E-state index contributed by atoms with van der Waals surface area (Å²) in [6, 6.07) is 0. The van der Waals surface area contributed by atoms with Gasteiger partial charge in [0.25, 0.3) is 0 Å². The summed E-state index contributed by atoms with van der Waals surface area (Å²) < 4.78 is 4.92. The Hall–Kier alpha value is -1.89. The lowest BCUT2D eigenvalue weighted by Gasteiger charge is -2.25. The highest BCUT2D eigenvalue weighted by molar-refractivity contribution is 7.17. The van der Waals surface area contributed by atoms with Crippen molar-refractivity contribution < 1.29 is 19.1 Å². The molecule has 2 amide bonds. The summed E-state index contributed by atoms with van der Waals surface area (Å²) in [4.78, 5) is 39.0. The van der Waals surface area contributed by atoms with Crippen LogP contribution in [-0.2, 0) is 27.3 Å². The summed E-state index contributed by atoms with van der Waals surface area (Å²) in [6.07, 6.45) is 4.58. The number of methoxy groups -OCH3 is 1. The lowest BCUT2D eigenvalue weighted by Crippen LogP contribution is -2.33. The number of hydrogen-bond donors (Lipinski definition) is 1. The number of thiophene rings is 1. The van der Waals surface area contributed by atoms with Gasteiger partial charge in [-0.05, 0) is 24.8 Å². The van der Waals surface area contributed by atoms with E-state index in [4.69, 9.17) is 4.74 Å². The van der Waals surface area contributed by atoms with Crippen LogP contribution >= 0.6 is 11.3 Å². The second kappa shape index (κ2) is 6.93.